The number of phosphoric ester groups is 1. The van der Waals surface area contributed by atoms with Crippen LogP contribution in [0.25, 0.3) is 6.08 Å². The van der Waals surface area contributed by atoms with Crippen molar-refractivity contribution < 1.29 is 38.1 Å². The Morgan fingerprint density at radius 1 is 1.16 bits per heavy atom. The molecular weight excluding hydrogens is 505 g/mol. The van der Waals surface area contributed by atoms with Gasteiger partial charge in [0.1, 0.15) is 17.8 Å². The summed E-state index contributed by atoms with van der Waals surface area (Å²) in [6, 6.07) is 3.53. The van der Waals surface area contributed by atoms with Crippen LogP contribution in [0.3, 0.4) is 0 Å². The number of primary amides is 1. The third kappa shape index (κ3) is 10.6. The fourth-order valence-electron chi connectivity index (χ4n) is 3.85. The number of carbonyl (C=O) groups excluding carboxylic acids is 4. The van der Waals surface area contributed by atoms with Gasteiger partial charge in [-0.1, -0.05) is 26.0 Å². The van der Waals surface area contributed by atoms with E-state index in [0.29, 0.717) is 31.4 Å². The lowest BCUT2D eigenvalue weighted by atomic mass is 10.0. The molecule has 1 saturated heterocycles. The molecular formula is C23H34N5O8P. The fourth-order valence-corrected chi connectivity index (χ4v) is 4.25. The molecule has 1 heterocycles. The minimum atomic E-state index is -4.66. The summed E-state index contributed by atoms with van der Waals surface area (Å²) in [4.78, 5) is 68.5. The van der Waals surface area contributed by atoms with Gasteiger partial charge in [0.2, 0.25) is 17.7 Å². The van der Waals surface area contributed by atoms with E-state index in [1.807, 2.05) is 13.8 Å². The molecule has 37 heavy (non-hydrogen) atoms. The smallest absolute Gasteiger partial charge is 0.404 e. The Morgan fingerprint density at radius 3 is 2.41 bits per heavy atom. The maximum atomic E-state index is 13.3. The van der Waals surface area contributed by atoms with Crippen molar-refractivity contribution in [2.45, 2.75) is 45.2 Å². The minimum Gasteiger partial charge on any atom is -0.404 e. The number of carbonyl (C=O) groups is 4. The van der Waals surface area contributed by atoms with E-state index >= 15 is 0 Å². The number of urea groups is 1. The van der Waals surface area contributed by atoms with Crippen molar-refractivity contribution in [1.29, 1.82) is 0 Å². The molecule has 0 aliphatic carbocycles. The van der Waals surface area contributed by atoms with E-state index in [1.54, 1.807) is 0 Å². The van der Waals surface area contributed by atoms with Crippen LogP contribution in [-0.4, -0.2) is 70.2 Å². The average molecular weight is 540 g/mol. The zero-order chi connectivity index (χ0) is 27.6. The minimum absolute atomic E-state index is 0.0223. The molecule has 0 bridgehead atoms. The van der Waals surface area contributed by atoms with Crippen molar-refractivity contribution in [2.75, 3.05) is 19.6 Å². The number of phosphoric acid groups is 1. The van der Waals surface area contributed by atoms with Gasteiger partial charge in [0.15, 0.2) is 0 Å². The van der Waals surface area contributed by atoms with Crippen molar-refractivity contribution in [1.82, 2.24) is 20.9 Å². The highest BCUT2D eigenvalue weighted by Gasteiger charge is 2.37. The van der Waals surface area contributed by atoms with Gasteiger partial charge >= 0.3 is 13.9 Å². The van der Waals surface area contributed by atoms with Crippen LogP contribution in [0.1, 0.15) is 38.7 Å². The van der Waals surface area contributed by atoms with E-state index in [4.69, 9.17) is 15.5 Å². The molecule has 1 aliphatic heterocycles. The molecule has 204 valence electrons. The monoisotopic (exact) mass is 539 g/mol. The molecule has 5 amide bonds. The molecule has 0 unspecified atom stereocenters. The van der Waals surface area contributed by atoms with E-state index in [1.165, 1.54) is 41.3 Å². The lowest BCUT2D eigenvalue weighted by molar-refractivity contribution is -0.141. The lowest BCUT2D eigenvalue weighted by Crippen LogP contribution is -2.54. The van der Waals surface area contributed by atoms with Crippen molar-refractivity contribution in [3.63, 3.8) is 0 Å². The summed E-state index contributed by atoms with van der Waals surface area (Å²) in [5.41, 5.74) is 5.57. The Bertz CT molecular complexity index is 1040. The first-order valence-corrected chi connectivity index (χ1v) is 13.3. The molecule has 0 spiro atoms. The van der Waals surface area contributed by atoms with Crippen molar-refractivity contribution in [2.24, 2.45) is 11.7 Å². The Kier molecular flexibility index (Phi) is 11.1. The van der Waals surface area contributed by atoms with Crippen LogP contribution in [0, 0.1) is 5.92 Å². The van der Waals surface area contributed by atoms with Crippen molar-refractivity contribution in [3.8, 4) is 5.75 Å². The molecule has 1 fully saturated rings. The zero-order valence-electron chi connectivity index (χ0n) is 20.8. The van der Waals surface area contributed by atoms with E-state index in [9.17, 15) is 23.7 Å². The Labute approximate surface area is 215 Å². The summed E-state index contributed by atoms with van der Waals surface area (Å²) in [5.74, 6) is -1.12. The number of nitrogens with one attached hydrogen (secondary N) is 3. The summed E-state index contributed by atoms with van der Waals surface area (Å²) in [6.07, 6.45) is 4.25. The molecule has 1 aromatic rings. The molecule has 0 saturated carbocycles. The van der Waals surface area contributed by atoms with Crippen molar-refractivity contribution in [3.05, 3.63) is 35.9 Å². The number of nitrogens with zero attached hydrogens (tertiary/aromatic N) is 1. The SMILES string of the molecule is CC(C)C[C@H](NC(=O)/C=C/c1ccc(OP(=O)(O)O)cc1)C(=O)N1CCC[C@H]1C(=O)NCCNC(N)=O. The average Bonchev–Trinajstić information content (AvgIpc) is 3.29. The topological polar surface area (TPSA) is 200 Å². The third-order valence-electron chi connectivity index (χ3n) is 5.42. The summed E-state index contributed by atoms with van der Waals surface area (Å²) in [6.45, 7) is 4.57. The largest absolute Gasteiger partial charge is 0.524 e. The number of benzene rings is 1. The van der Waals surface area contributed by atoms with Gasteiger partial charge < -0.3 is 31.1 Å². The first-order chi connectivity index (χ1) is 17.4. The van der Waals surface area contributed by atoms with E-state index < -0.39 is 31.8 Å². The van der Waals surface area contributed by atoms with E-state index in [2.05, 4.69) is 20.5 Å². The maximum absolute atomic E-state index is 13.3. The number of hydrogen-bond acceptors (Lipinski definition) is 6. The Morgan fingerprint density at radius 2 is 1.81 bits per heavy atom. The summed E-state index contributed by atoms with van der Waals surface area (Å²) >= 11 is 0. The predicted molar refractivity (Wildman–Crippen MR) is 135 cm³/mol. The standard InChI is InChI=1S/C23H34N5O8P/c1-15(2)14-18(22(31)28-13-3-4-19(28)21(30)25-11-12-26-23(24)32)27-20(29)10-7-16-5-8-17(9-6-16)36-37(33,34)35/h5-10,15,18-19H,3-4,11-14H2,1-2H3,(H,25,30)(H,27,29)(H3,24,26,32)(H2,33,34,35)/b10-7+/t18-,19-/m0/s1. The second-order valence-corrected chi connectivity index (χ2v) is 10.1. The number of likely N-dealkylation sites (tertiary alicyclic amines) is 1. The van der Waals surface area contributed by atoms with Gasteiger partial charge in [0.05, 0.1) is 0 Å². The first-order valence-electron chi connectivity index (χ1n) is 11.8. The van der Waals surface area contributed by atoms with Crippen LogP contribution >= 0.6 is 7.82 Å². The highest BCUT2D eigenvalue weighted by molar-refractivity contribution is 7.46. The third-order valence-corrected chi connectivity index (χ3v) is 5.86. The van der Waals surface area contributed by atoms with Gasteiger partial charge in [-0.15, -0.1) is 0 Å². The number of hydrogen-bond donors (Lipinski definition) is 6. The van der Waals surface area contributed by atoms with E-state index in [0.717, 1.165) is 0 Å². The molecule has 0 aromatic heterocycles. The zero-order valence-corrected chi connectivity index (χ0v) is 21.6. The molecule has 13 nitrogen and oxygen atoms in total. The van der Waals surface area contributed by atoms with Crippen LogP contribution in [-0.2, 0) is 18.9 Å². The van der Waals surface area contributed by atoms with Gasteiger partial charge in [-0.2, -0.15) is 0 Å². The van der Waals surface area contributed by atoms with Gasteiger partial charge in [-0.3, -0.25) is 24.2 Å². The van der Waals surface area contributed by atoms with Crippen LogP contribution in [0.4, 0.5) is 4.79 Å². The predicted octanol–water partition coefficient (Wildman–Crippen LogP) is 0.478. The quantitative estimate of drug-likeness (QED) is 0.125. The van der Waals surface area contributed by atoms with Gasteiger partial charge in [-0.05, 0) is 49.0 Å². The highest BCUT2D eigenvalue weighted by Crippen LogP contribution is 2.37. The second-order valence-electron chi connectivity index (χ2n) is 8.95. The van der Waals surface area contributed by atoms with Crippen LogP contribution in [0.2, 0.25) is 0 Å². The van der Waals surface area contributed by atoms with E-state index in [-0.39, 0.29) is 36.6 Å². The number of nitrogens with two attached hydrogens (primary N) is 1. The number of rotatable bonds is 12. The van der Waals surface area contributed by atoms with Gasteiger partial charge in [0, 0.05) is 25.7 Å². The molecule has 14 heteroatoms. The summed E-state index contributed by atoms with van der Waals surface area (Å²) in [7, 11) is -4.66. The molecule has 0 radical (unpaired) electrons. The normalized spacial score (nSPS) is 16.5. The molecule has 1 aromatic carbocycles. The Balaban J connectivity index is 2.01. The fraction of sp³-hybridized carbons (Fsp3) is 0.478. The second kappa shape index (κ2) is 13.8. The molecule has 2 atom stereocenters. The highest BCUT2D eigenvalue weighted by atomic mass is 31.2. The van der Waals surface area contributed by atoms with Crippen molar-refractivity contribution >= 4 is 37.7 Å². The maximum Gasteiger partial charge on any atom is 0.524 e. The van der Waals surface area contributed by atoms with Gasteiger partial charge in [0.25, 0.3) is 0 Å². The summed E-state index contributed by atoms with van der Waals surface area (Å²) < 4.78 is 15.4. The first kappa shape index (κ1) is 29.8. The molecule has 7 N–H and O–H groups in total. The summed E-state index contributed by atoms with van der Waals surface area (Å²) in [5, 5.41) is 7.78. The molecule has 2 rings (SSSR count). The Hall–Kier alpha value is -3.41. The molecule has 1 aliphatic rings. The lowest BCUT2D eigenvalue weighted by Gasteiger charge is -2.29. The van der Waals surface area contributed by atoms with Crippen LogP contribution in [0.5, 0.6) is 5.75 Å². The number of amides is 5. The van der Waals surface area contributed by atoms with Crippen LogP contribution in [0.15, 0.2) is 30.3 Å². The van der Waals surface area contributed by atoms with Crippen LogP contribution < -0.4 is 26.2 Å². The van der Waals surface area contributed by atoms with Gasteiger partial charge in [-0.25, -0.2) is 9.36 Å².